The van der Waals surface area contributed by atoms with Gasteiger partial charge >= 0.3 is 6.09 Å². The maximum Gasteiger partial charge on any atom is 0.407 e. The molecule has 4 atom stereocenters. The quantitative estimate of drug-likeness (QED) is 0.530. The Kier molecular flexibility index (Phi) is 7.22. The van der Waals surface area contributed by atoms with Crippen LogP contribution in [0.5, 0.6) is 0 Å². The average Bonchev–Trinajstić information content (AvgIpc) is 3.38. The molecule has 1 amide bonds. The lowest BCUT2D eigenvalue weighted by atomic mass is 10.1. The van der Waals surface area contributed by atoms with Gasteiger partial charge in [0, 0.05) is 18.8 Å². The van der Waals surface area contributed by atoms with Crippen LogP contribution in [0.15, 0.2) is 12.7 Å². The number of thioether (sulfide) groups is 1. The molecule has 0 saturated carbocycles. The topological polar surface area (TPSA) is 122 Å². The predicted molar refractivity (Wildman–Crippen MR) is 129 cm³/mol. The average molecular weight is 495 g/mol. The molecule has 188 valence electrons. The van der Waals surface area contributed by atoms with Crippen LogP contribution in [-0.2, 0) is 18.9 Å². The number of rotatable bonds is 8. The highest BCUT2D eigenvalue weighted by Gasteiger charge is 2.55. The maximum atomic E-state index is 11.8. The van der Waals surface area contributed by atoms with Crippen LogP contribution in [0.3, 0.4) is 0 Å². The summed E-state index contributed by atoms with van der Waals surface area (Å²) in [7, 11) is 0. The van der Waals surface area contributed by atoms with E-state index in [4.69, 9.17) is 18.9 Å². The monoisotopic (exact) mass is 494 g/mol. The summed E-state index contributed by atoms with van der Waals surface area (Å²) in [5, 5.41) is 6.03. The van der Waals surface area contributed by atoms with Crippen molar-refractivity contribution in [1.29, 1.82) is 0 Å². The number of imidazole rings is 1. The second kappa shape index (κ2) is 9.84. The molecule has 0 unspecified atom stereocenters. The zero-order valence-corrected chi connectivity index (χ0v) is 21.3. The molecular weight excluding hydrogens is 460 g/mol. The van der Waals surface area contributed by atoms with E-state index in [2.05, 4.69) is 25.6 Å². The molecule has 2 saturated heterocycles. The zero-order valence-electron chi connectivity index (χ0n) is 20.5. The Morgan fingerprint density at radius 2 is 1.97 bits per heavy atom. The van der Waals surface area contributed by atoms with Crippen LogP contribution in [0.25, 0.3) is 11.2 Å². The fourth-order valence-corrected chi connectivity index (χ4v) is 4.75. The first kappa shape index (κ1) is 25.0. The Balaban J connectivity index is 1.41. The molecule has 0 aromatic carbocycles. The highest BCUT2D eigenvalue weighted by atomic mass is 32.2. The van der Waals surface area contributed by atoms with Crippen molar-refractivity contribution in [3.8, 4) is 0 Å². The molecule has 2 aromatic heterocycles. The molecule has 4 heterocycles. The summed E-state index contributed by atoms with van der Waals surface area (Å²) >= 11 is 1.72. The molecule has 0 bridgehead atoms. The number of carbonyl (C=O) groups is 1. The molecule has 34 heavy (non-hydrogen) atoms. The predicted octanol–water partition coefficient (Wildman–Crippen LogP) is 2.93. The van der Waals surface area contributed by atoms with E-state index in [1.165, 1.54) is 6.33 Å². The molecule has 2 fully saturated rings. The Hall–Kier alpha value is -2.15. The molecule has 2 aromatic rings. The summed E-state index contributed by atoms with van der Waals surface area (Å²) < 4.78 is 25.8. The van der Waals surface area contributed by atoms with Gasteiger partial charge < -0.3 is 29.6 Å². The Morgan fingerprint density at radius 3 is 2.71 bits per heavy atom. The second-order valence-electron chi connectivity index (χ2n) is 9.84. The summed E-state index contributed by atoms with van der Waals surface area (Å²) in [6.45, 7) is 10.4. The molecule has 0 aliphatic carbocycles. The molecule has 11 nitrogen and oxygen atoms in total. The van der Waals surface area contributed by atoms with Crippen LogP contribution in [0.4, 0.5) is 10.6 Å². The molecule has 4 rings (SSSR count). The van der Waals surface area contributed by atoms with Gasteiger partial charge in [0.1, 0.15) is 24.1 Å². The van der Waals surface area contributed by atoms with E-state index >= 15 is 0 Å². The minimum Gasteiger partial charge on any atom is -0.444 e. The standard InChI is InChI=1S/C22H34N6O5S/c1-21(2,3)33-20(29)24-9-7-8-23-17-14-18(26-11-25-17)28(12-27-14)19-16-15(13(30-19)10-34-6)31-22(4,5)32-16/h11-13,15-16,19H,7-10H2,1-6H3,(H,24,29)(H,23,25,26)/t13-,15-,16-,19-/m1/s1. The number of ether oxygens (including phenoxy) is 4. The van der Waals surface area contributed by atoms with E-state index in [9.17, 15) is 4.79 Å². The van der Waals surface area contributed by atoms with Gasteiger partial charge in [-0.1, -0.05) is 0 Å². The molecule has 0 spiro atoms. The van der Waals surface area contributed by atoms with Crippen molar-refractivity contribution in [2.24, 2.45) is 0 Å². The van der Waals surface area contributed by atoms with Gasteiger partial charge in [0.2, 0.25) is 0 Å². The molecule has 2 aliphatic heterocycles. The number of nitrogens with zero attached hydrogens (tertiary/aromatic N) is 4. The van der Waals surface area contributed by atoms with Gasteiger partial charge in [-0.15, -0.1) is 0 Å². The third-order valence-electron chi connectivity index (χ3n) is 5.40. The van der Waals surface area contributed by atoms with Crippen LogP contribution >= 0.6 is 11.8 Å². The van der Waals surface area contributed by atoms with Crippen LogP contribution in [0, 0.1) is 0 Å². The normalized spacial score (nSPS) is 25.9. The number of nitrogens with one attached hydrogen (secondary N) is 2. The Labute approximate surface area is 203 Å². The molecule has 0 radical (unpaired) electrons. The van der Waals surface area contributed by atoms with Crippen molar-refractivity contribution in [3.05, 3.63) is 12.7 Å². The summed E-state index contributed by atoms with van der Waals surface area (Å²) in [5.74, 6) is 0.766. The molecule has 2 aliphatic rings. The van der Waals surface area contributed by atoms with Crippen molar-refractivity contribution >= 4 is 34.8 Å². The van der Waals surface area contributed by atoms with Gasteiger partial charge in [-0.3, -0.25) is 4.57 Å². The van der Waals surface area contributed by atoms with E-state index < -0.39 is 23.7 Å². The van der Waals surface area contributed by atoms with Gasteiger partial charge in [-0.25, -0.2) is 19.7 Å². The van der Waals surface area contributed by atoms with Gasteiger partial charge in [0.05, 0.1) is 12.4 Å². The van der Waals surface area contributed by atoms with E-state index in [0.717, 1.165) is 5.75 Å². The molecular formula is C22H34N6O5S. The van der Waals surface area contributed by atoms with Gasteiger partial charge in [0.15, 0.2) is 29.0 Å². The summed E-state index contributed by atoms with van der Waals surface area (Å²) in [4.78, 5) is 25.1. The number of hydrogen-bond donors (Lipinski definition) is 2. The highest BCUT2D eigenvalue weighted by molar-refractivity contribution is 7.98. The summed E-state index contributed by atoms with van der Waals surface area (Å²) in [6, 6.07) is 0. The first-order valence-corrected chi connectivity index (χ1v) is 12.9. The first-order chi connectivity index (χ1) is 16.1. The van der Waals surface area contributed by atoms with Crippen LogP contribution in [-0.4, -0.2) is 80.4 Å². The second-order valence-corrected chi connectivity index (χ2v) is 10.8. The fraction of sp³-hybridized carbons (Fsp3) is 0.727. The summed E-state index contributed by atoms with van der Waals surface area (Å²) in [5.41, 5.74) is 0.790. The van der Waals surface area contributed by atoms with Crippen molar-refractivity contribution in [2.45, 2.75) is 77.0 Å². The largest absolute Gasteiger partial charge is 0.444 e. The van der Waals surface area contributed by atoms with Gasteiger partial charge in [0.25, 0.3) is 0 Å². The van der Waals surface area contributed by atoms with Crippen molar-refractivity contribution in [1.82, 2.24) is 24.8 Å². The lowest BCUT2D eigenvalue weighted by molar-refractivity contribution is -0.193. The van der Waals surface area contributed by atoms with E-state index in [0.29, 0.717) is 36.5 Å². The first-order valence-electron chi connectivity index (χ1n) is 11.5. The van der Waals surface area contributed by atoms with E-state index in [-0.39, 0.29) is 18.3 Å². The SMILES string of the molecule is CSC[C@H]1O[C@@H](n2cnc3c(NCCCNC(=O)OC(C)(C)C)ncnc32)[C@@H]2OC(C)(C)O[C@@H]21. The number of carbonyl (C=O) groups excluding carboxylic acids is 1. The highest BCUT2D eigenvalue weighted by Crippen LogP contribution is 2.44. The number of hydrogen-bond acceptors (Lipinski definition) is 10. The van der Waals surface area contributed by atoms with Crippen molar-refractivity contribution < 1.29 is 23.7 Å². The lowest BCUT2D eigenvalue weighted by Gasteiger charge is -2.24. The number of aromatic nitrogens is 4. The van der Waals surface area contributed by atoms with Crippen molar-refractivity contribution in [2.75, 3.05) is 30.4 Å². The number of amides is 1. The third kappa shape index (κ3) is 5.56. The fourth-order valence-electron chi connectivity index (χ4n) is 4.15. The van der Waals surface area contributed by atoms with E-state index in [1.54, 1.807) is 18.1 Å². The van der Waals surface area contributed by atoms with Crippen LogP contribution < -0.4 is 10.6 Å². The van der Waals surface area contributed by atoms with Crippen LogP contribution in [0.2, 0.25) is 0 Å². The Morgan fingerprint density at radius 1 is 1.21 bits per heavy atom. The smallest absolute Gasteiger partial charge is 0.407 e. The minimum absolute atomic E-state index is 0.0823. The number of anilines is 1. The zero-order chi connectivity index (χ0) is 24.5. The number of fused-ring (bicyclic) bond motifs is 2. The third-order valence-corrected chi connectivity index (χ3v) is 6.07. The van der Waals surface area contributed by atoms with Crippen molar-refractivity contribution in [3.63, 3.8) is 0 Å². The van der Waals surface area contributed by atoms with Gasteiger partial charge in [-0.2, -0.15) is 11.8 Å². The summed E-state index contributed by atoms with van der Waals surface area (Å²) in [6.07, 6.45) is 4.65. The van der Waals surface area contributed by atoms with Crippen LogP contribution in [0.1, 0.15) is 47.3 Å². The maximum absolute atomic E-state index is 11.8. The molecule has 2 N–H and O–H groups in total. The van der Waals surface area contributed by atoms with E-state index in [1.807, 2.05) is 45.4 Å². The number of alkyl carbamates (subject to hydrolysis) is 1. The lowest BCUT2D eigenvalue weighted by Crippen LogP contribution is -2.33. The minimum atomic E-state index is -0.667. The Bertz CT molecular complexity index is 1010. The van der Waals surface area contributed by atoms with Gasteiger partial charge in [-0.05, 0) is 47.3 Å². The molecule has 12 heteroatoms.